The van der Waals surface area contributed by atoms with Crippen molar-refractivity contribution in [2.75, 3.05) is 0 Å². The lowest BCUT2D eigenvalue weighted by Gasteiger charge is -2.14. The van der Waals surface area contributed by atoms with Gasteiger partial charge in [-0.3, -0.25) is 0 Å². The van der Waals surface area contributed by atoms with Gasteiger partial charge in [0.25, 0.3) is 0 Å². The summed E-state index contributed by atoms with van der Waals surface area (Å²) in [6, 6.07) is 4.16. The average molecular weight is 257 g/mol. The number of pyridine rings is 1. The third-order valence-electron chi connectivity index (χ3n) is 3.26. The van der Waals surface area contributed by atoms with Gasteiger partial charge < -0.3 is 0 Å². The van der Waals surface area contributed by atoms with Crippen molar-refractivity contribution >= 4 is 11.0 Å². The van der Waals surface area contributed by atoms with Crippen LogP contribution >= 0.6 is 0 Å². The van der Waals surface area contributed by atoms with Gasteiger partial charge in [-0.05, 0) is 24.0 Å². The van der Waals surface area contributed by atoms with Crippen LogP contribution in [0.3, 0.4) is 0 Å². The Balaban J connectivity index is 2.72. The molecule has 2 aromatic heterocycles. The fraction of sp³-hybridized carbons (Fsp3) is 0.562. The van der Waals surface area contributed by atoms with E-state index in [-0.39, 0.29) is 0 Å². The summed E-state index contributed by atoms with van der Waals surface area (Å²) in [5.41, 5.74) is 4.10. The zero-order valence-corrected chi connectivity index (χ0v) is 12.7. The molecule has 0 saturated heterocycles. The molecule has 0 saturated carbocycles. The fourth-order valence-electron chi connectivity index (χ4n) is 2.05. The Morgan fingerprint density at radius 1 is 0.737 bits per heavy atom. The van der Waals surface area contributed by atoms with E-state index < -0.39 is 0 Å². The lowest BCUT2D eigenvalue weighted by molar-refractivity contribution is 0.738. The number of nitrogens with zero attached hydrogens (tertiary/aromatic N) is 3. The highest BCUT2D eigenvalue weighted by Gasteiger charge is 2.15. The summed E-state index contributed by atoms with van der Waals surface area (Å²) >= 11 is 0. The Morgan fingerprint density at radius 3 is 1.95 bits per heavy atom. The Hall–Kier alpha value is -1.51. The van der Waals surface area contributed by atoms with Gasteiger partial charge in [-0.25, -0.2) is 15.0 Å². The van der Waals surface area contributed by atoms with E-state index >= 15 is 0 Å². The standard InChI is InChI=1S/C16H23N3/c1-9(2)12-7-8-13-15(17-12)14(10(3)4)19-16(18-13)11(5)6/h7-11H,1-6H3. The first-order valence-electron chi connectivity index (χ1n) is 7.08. The van der Waals surface area contributed by atoms with Crippen molar-refractivity contribution in [1.29, 1.82) is 0 Å². The minimum absolute atomic E-state index is 0.340. The molecule has 2 heterocycles. The van der Waals surface area contributed by atoms with Crippen molar-refractivity contribution in [3.8, 4) is 0 Å². The summed E-state index contributed by atoms with van der Waals surface area (Å²) in [5, 5.41) is 0. The van der Waals surface area contributed by atoms with Crippen molar-refractivity contribution < 1.29 is 0 Å². The highest BCUT2D eigenvalue weighted by Crippen LogP contribution is 2.25. The maximum absolute atomic E-state index is 4.77. The van der Waals surface area contributed by atoms with Gasteiger partial charge in [-0.1, -0.05) is 41.5 Å². The van der Waals surface area contributed by atoms with Crippen LogP contribution in [0.2, 0.25) is 0 Å². The molecular weight excluding hydrogens is 234 g/mol. The summed E-state index contributed by atoms with van der Waals surface area (Å²) < 4.78 is 0. The van der Waals surface area contributed by atoms with Crippen LogP contribution in [-0.2, 0) is 0 Å². The minimum atomic E-state index is 0.340. The molecule has 102 valence electrons. The van der Waals surface area contributed by atoms with Gasteiger partial charge >= 0.3 is 0 Å². The van der Waals surface area contributed by atoms with Crippen LogP contribution in [-0.4, -0.2) is 15.0 Å². The number of aromatic nitrogens is 3. The highest BCUT2D eigenvalue weighted by atomic mass is 14.9. The molecule has 3 heteroatoms. The van der Waals surface area contributed by atoms with Crippen LogP contribution in [0.5, 0.6) is 0 Å². The molecule has 0 unspecified atom stereocenters. The van der Waals surface area contributed by atoms with Crippen molar-refractivity contribution in [1.82, 2.24) is 15.0 Å². The van der Waals surface area contributed by atoms with Gasteiger partial charge in [0.05, 0.1) is 11.2 Å². The van der Waals surface area contributed by atoms with Crippen LogP contribution < -0.4 is 0 Å². The predicted octanol–water partition coefficient (Wildman–Crippen LogP) is 4.40. The van der Waals surface area contributed by atoms with Gasteiger partial charge in [0, 0.05) is 11.6 Å². The molecule has 2 aromatic rings. The molecule has 0 atom stereocenters. The average Bonchev–Trinajstić information content (AvgIpc) is 2.36. The third kappa shape index (κ3) is 2.75. The monoisotopic (exact) mass is 257 g/mol. The van der Waals surface area contributed by atoms with Crippen LogP contribution in [0.25, 0.3) is 11.0 Å². The molecule has 0 spiro atoms. The molecule has 0 aliphatic heterocycles. The summed E-state index contributed by atoms with van der Waals surface area (Å²) in [4.78, 5) is 14.1. The Labute approximate surface area is 115 Å². The molecule has 0 bridgehead atoms. The molecule has 0 aliphatic rings. The van der Waals surface area contributed by atoms with E-state index in [1.807, 2.05) is 0 Å². The third-order valence-corrected chi connectivity index (χ3v) is 3.26. The maximum Gasteiger partial charge on any atom is 0.131 e. The Bertz CT molecular complexity index is 586. The van der Waals surface area contributed by atoms with Gasteiger partial charge in [0.1, 0.15) is 11.3 Å². The van der Waals surface area contributed by atoms with Crippen molar-refractivity contribution in [3.05, 3.63) is 29.3 Å². The van der Waals surface area contributed by atoms with Crippen LogP contribution in [0.1, 0.15) is 76.5 Å². The minimum Gasteiger partial charge on any atom is -0.249 e. The molecule has 0 radical (unpaired) electrons. The molecule has 0 amide bonds. The topological polar surface area (TPSA) is 38.7 Å². The number of hydrogen-bond donors (Lipinski definition) is 0. The second-order valence-electron chi connectivity index (χ2n) is 6.03. The largest absolute Gasteiger partial charge is 0.249 e. The predicted molar refractivity (Wildman–Crippen MR) is 79.6 cm³/mol. The Kier molecular flexibility index (Phi) is 3.83. The number of rotatable bonds is 3. The molecule has 2 rings (SSSR count). The normalized spacial score (nSPS) is 12.1. The molecule has 0 N–H and O–H groups in total. The molecule has 0 aliphatic carbocycles. The van der Waals surface area contributed by atoms with E-state index in [9.17, 15) is 0 Å². The van der Waals surface area contributed by atoms with E-state index in [0.717, 1.165) is 28.2 Å². The summed E-state index contributed by atoms with van der Waals surface area (Å²) in [6.07, 6.45) is 0. The van der Waals surface area contributed by atoms with Gasteiger partial charge in [0.2, 0.25) is 0 Å². The molecule has 0 fully saturated rings. The van der Waals surface area contributed by atoms with Crippen molar-refractivity contribution in [3.63, 3.8) is 0 Å². The van der Waals surface area contributed by atoms with Gasteiger partial charge in [-0.15, -0.1) is 0 Å². The van der Waals surface area contributed by atoms with E-state index in [1.165, 1.54) is 0 Å². The van der Waals surface area contributed by atoms with Crippen LogP contribution in [0.4, 0.5) is 0 Å². The van der Waals surface area contributed by atoms with Crippen LogP contribution in [0.15, 0.2) is 12.1 Å². The quantitative estimate of drug-likeness (QED) is 0.818. The zero-order chi connectivity index (χ0) is 14.2. The van der Waals surface area contributed by atoms with E-state index in [1.54, 1.807) is 0 Å². The lowest BCUT2D eigenvalue weighted by atomic mass is 10.0. The second-order valence-corrected chi connectivity index (χ2v) is 6.03. The second kappa shape index (κ2) is 5.24. The molecule has 0 aromatic carbocycles. The first-order valence-corrected chi connectivity index (χ1v) is 7.08. The van der Waals surface area contributed by atoms with E-state index in [0.29, 0.717) is 17.8 Å². The fourth-order valence-corrected chi connectivity index (χ4v) is 2.05. The Morgan fingerprint density at radius 2 is 1.42 bits per heavy atom. The summed E-state index contributed by atoms with van der Waals surface area (Å²) in [6.45, 7) is 12.9. The molecular formula is C16H23N3. The van der Waals surface area contributed by atoms with Crippen molar-refractivity contribution in [2.24, 2.45) is 0 Å². The highest BCUT2D eigenvalue weighted by molar-refractivity contribution is 5.77. The SMILES string of the molecule is CC(C)c1ccc2nc(C(C)C)nc(C(C)C)c2n1. The first kappa shape index (κ1) is 13.9. The van der Waals surface area contributed by atoms with Crippen LogP contribution in [0, 0.1) is 0 Å². The summed E-state index contributed by atoms with van der Waals surface area (Å²) in [5.74, 6) is 2.04. The molecule has 19 heavy (non-hydrogen) atoms. The maximum atomic E-state index is 4.77. The van der Waals surface area contributed by atoms with E-state index in [2.05, 4.69) is 58.7 Å². The number of fused-ring (bicyclic) bond motifs is 1. The lowest BCUT2D eigenvalue weighted by Crippen LogP contribution is -2.06. The molecule has 3 nitrogen and oxygen atoms in total. The zero-order valence-electron chi connectivity index (χ0n) is 12.7. The van der Waals surface area contributed by atoms with Gasteiger partial charge in [-0.2, -0.15) is 0 Å². The van der Waals surface area contributed by atoms with Gasteiger partial charge in [0.15, 0.2) is 0 Å². The first-order chi connectivity index (χ1) is 8.90. The summed E-state index contributed by atoms with van der Waals surface area (Å²) in [7, 11) is 0. The van der Waals surface area contributed by atoms with E-state index in [4.69, 9.17) is 9.97 Å². The number of hydrogen-bond acceptors (Lipinski definition) is 3. The van der Waals surface area contributed by atoms with Crippen molar-refractivity contribution in [2.45, 2.75) is 59.3 Å². The smallest absolute Gasteiger partial charge is 0.131 e.